The molecule has 0 saturated carbocycles. The van der Waals surface area contributed by atoms with Crippen LogP contribution in [0.15, 0.2) is 41.4 Å². The molecular weight excluding hydrogens is 690 g/mol. The third-order valence-electron chi connectivity index (χ3n) is 7.54. The Kier molecular flexibility index (Phi) is 10.5. The summed E-state index contributed by atoms with van der Waals surface area (Å²) >= 11 is 0. The molecule has 0 spiro atoms. The molecule has 0 saturated heterocycles. The number of anilines is 2. The Morgan fingerprint density at radius 1 is 1.06 bits per heavy atom. The Morgan fingerprint density at radius 3 is 2.22 bits per heavy atom. The topological polar surface area (TPSA) is 164 Å². The van der Waals surface area contributed by atoms with Crippen LogP contribution in [0.25, 0.3) is 0 Å². The summed E-state index contributed by atoms with van der Waals surface area (Å²) in [5.41, 5.74) is -3.92. The van der Waals surface area contributed by atoms with Crippen LogP contribution in [0.1, 0.15) is 60.8 Å². The first-order valence-corrected chi connectivity index (χ1v) is 15.9. The molecule has 0 fully saturated rings. The summed E-state index contributed by atoms with van der Waals surface area (Å²) in [5, 5.41) is 12.3. The van der Waals surface area contributed by atoms with Crippen LogP contribution in [0, 0.1) is 0 Å². The molecule has 0 bridgehead atoms. The summed E-state index contributed by atoms with van der Waals surface area (Å²) in [6, 6.07) is 2.56. The molecule has 13 nitrogen and oxygen atoms in total. The molecule has 1 aliphatic rings. The molecule has 49 heavy (non-hydrogen) atoms. The fraction of sp³-hybridized carbons (Fsp3) is 0.414. The molecule has 2 N–H and O–H groups in total. The molecule has 3 heterocycles. The summed E-state index contributed by atoms with van der Waals surface area (Å²) in [6.07, 6.45) is -12.6. The zero-order valence-electron chi connectivity index (χ0n) is 26.3. The quantitative estimate of drug-likeness (QED) is 0.245. The number of sulfonamides is 1. The van der Waals surface area contributed by atoms with Gasteiger partial charge in [-0.2, -0.15) is 26.3 Å². The van der Waals surface area contributed by atoms with E-state index < -0.39 is 80.3 Å². The summed E-state index contributed by atoms with van der Waals surface area (Å²) in [7, 11) is -2.92. The number of benzene rings is 1. The highest BCUT2D eigenvalue weighted by Gasteiger charge is 2.39. The van der Waals surface area contributed by atoms with Gasteiger partial charge in [-0.05, 0) is 49.6 Å². The van der Waals surface area contributed by atoms with E-state index in [1.54, 1.807) is 13.0 Å². The molecule has 0 unspecified atom stereocenters. The van der Waals surface area contributed by atoms with E-state index in [2.05, 4.69) is 20.3 Å². The number of carboxylic acid groups (broad SMARTS) is 1. The first-order chi connectivity index (χ1) is 22.8. The maximum absolute atomic E-state index is 13.6. The molecule has 1 aromatic carbocycles. The second-order valence-corrected chi connectivity index (χ2v) is 12.6. The van der Waals surface area contributed by atoms with Crippen LogP contribution in [0.2, 0.25) is 0 Å². The number of hydrogen-bond acceptors (Lipinski definition) is 10. The van der Waals surface area contributed by atoms with E-state index in [0.29, 0.717) is 37.5 Å². The third kappa shape index (κ3) is 7.89. The zero-order chi connectivity index (χ0) is 36.5. The first-order valence-electron chi connectivity index (χ1n) is 14.4. The number of nitrogens with zero attached hydrogens (tertiary/aromatic N) is 5. The molecule has 0 radical (unpaired) electrons. The van der Waals surface area contributed by atoms with Gasteiger partial charge in [0.25, 0.3) is 10.0 Å². The number of rotatable bonds is 9. The second kappa shape index (κ2) is 13.9. The average molecular weight is 721 g/mol. The molecule has 266 valence electrons. The SMILES string of the molecule is CCOC(=O)N1c2ccc(OC)nc2[C@@H](Nc2ncc(S(=O)(=O)N(C)C(=O)O)c(Cc3cc(C(F)(F)F)cc(C(F)(F)F)c3)n2)C[C@H]1CC. The highest BCUT2D eigenvalue weighted by molar-refractivity contribution is 7.89. The molecule has 20 heteroatoms. The predicted octanol–water partition coefficient (Wildman–Crippen LogP) is 6.11. The fourth-order valence-electron chi connectivity index (χ4n) is 5.16. The first kappa shape index (κ1) is 36.9. The van der Waals surface area contributed by atoms with E-state index in [0.717, 1.165) is 0 Å². The van der Waals surface area contributed by atoms with Gasteiger partial charge in [0.1, 0.15) is 4.90 Å². The van der Waals surface area contributed by atoms with Crippen molar-refractivity contribution in [2.75, 3.05) is 31.0 Å². The summed E-state index contributed by atoms with van der Waals surface area (Å²) in [6.45, 7) is 3.54. The molecule has 4 rings (SSSR count). The number of carbonyl (C=O) groups excluding carboxylic acids is 1. The molecule has 3 aromatic rings. The molecular formula is C29H30F6N6O7S. The van der Waals surface area contributed by atoms with Gasteiger partial charge in [-0.15, -0.1) is 0 Å². The zero-order valence-corrected chi connectivity index (χ0v) is 27.1. The third-order valence-corrected chi connectivity index (χ3v) is 9.32. The van der Waals surface area contributed by atoms with Crippen molar-refractivity contribution in [3.05, 3.63) is 64.6 Å². The molecule has 2 amide bonds. The highest BCUT2D eigenvalue weighted by Crippen LogP contribution is 2.41. The number of aromatic nitrogens is 3. The number of methoxy groups -OCH3 is 1. The van der Waals surface area contributed by atoms with Crippen LogP contribution in [0.3, 0.4) is 0 Å². The van der Waals surface area contributed by atoms with Gasteiger partial charge in [0.2, 0.25) is 11.8 Å². The number of alkyl halides is 6. The van der Waals surface area contributed by atoms with Gasteiger partial charge in [0.05, 0.1) is 54.2 Å². The van der Waals surface area contributed by atoms with E-state index in [9.17, 15) is 49.5 Å². The number of pyridine rings is 1. The monoisotopic (exact) mass is 720 g/mol. The Hall–Kier alpha value is -4.88. The van der Waals surface area contributed by atoms with Gasteiger partial charge in [-0.3, -0.25) is 4.90 Å². The summed E-state index contributed by atoms with van der Waals surface area (Å²) in [5.74, 6) is -0.163. The van der Waals surface area contributed by atoms with Crippen molar-refractivity contribution in [2.45, 2.75) is 62.4 Å². The van der Waals surface area contributed by atoms with Crippen molar-refractivity contribution in [1.82, 2.24) is 19.3 Å². The van der Waals surface area contributed by atoms with Crippen LogP contribution in [-0.4, -0.2) is 71.8 Å². The highest BCUT2D eigenvalue weighted by atomic mass is 32.2. The van der Waals surface area contributed by atoms with Gasteiger partial charge in [-0.25, -0.2) is 37.3 Å². The fourth-order valence-corrected chi connectivity index (χ4v) is 6.27. The van der Waals surface area contributed by atoms with Crippen molar-refractivity contribution in [3.63, 3.8) is 0 Å². The van der Waals surface area contributed by atoms with E-state index in [-0.39, 0.29) is 40.9 Å². The lowest BCUT2D eigenvalue weighted by Gasteiger charge is -2.39. The van der Waals surface area contributed by atoms with Crippen molar-refractivity contribution >= 4 is 33.8 Å². The van der Waals surface area contributed by atoms with Crippen LogP contribution >= 0.6 is 0 Å². The van der Waals surface area contributed by atoms with Gasteiger partial charge < -0.3 is 19.9 Å². The minimum absolute atomic E-state index is 0.0855. The van der Waals surface area contributed by atoms with Gasteiger partial charge in [0.15, 0.2) is 0 Å². The number of carbonyl (C=O) groups is 2. The minimum Gasteiger partial charge on any atom is -0.481 e. The number of amides is 2. The lowest BCUT2D eigenvalue weighted by molar-refractivity contribution is -0.143. The second-order valence-electron chi connectivity index (χ2n) is 10.7. The number of nitrogens with one attached hydrogen (secondary N) is 1. The van der Waals surface area contributed by atoms with Gasteiger partial charge >= 0.3 is 24.5 Å². The van der Waals surface area contributed by atoms with Crippen molar-refractivity contribution < 1.29 is 58.9 Å². The van der Waals surface area contributed by atoms with Crippen LogP contribution in [-0.2, 0) is 33.5 Å². The van der Waals surface area contributed by atoms with E-state index in [1.807, 2.05) is 6.92 Å². The minimum atomic E-state index is -5.19. The van der Waals surface area contributed by atoms with Gasteiger partial charge in [-0.1, -0.05) is 6.92 Å². The maximum Gasteiger partial charge on any atom is 0.421 e. The van der Waals surface area contributed by atoms with Gasteiger partial charge in [0, 0.05) is 25.6 Å². The molecule has 1 aliphatic heterocycles. The Labute approximate surface area is 275 Å². The summed E-state index contributed by atoms with van der Waals surface area (Å²) < 4.78 is 118. The normalized spacial score (nSPS) is 16.5. The van der Waals surface area contributed by atoms with Crippen LogP contribution < -0.4 is 15.0 Å². The van der Waals surface area contributed by atoms with Crippen molar-refractivity contribution in [1.29, 1.82) is 0 Å². The Balaban J connectivity index is 1.86. The predicted molar refractivity (Wildman–Crippen MR) is 160 cm³/mol. The number of fused-ring (bicyclic) bond motifs is 1. The lowest BCUT2D eigenvalue weighted by Crippen LogP contribution is -2.46. The number of hydrogen-bond donors (Lipinski definition) is 2. The maximum atomic E-state index is 13.6. The Morgan fingerprint density at radius 2 is 1.69 bits per heavy atom. The number of ether oxygens (including phenoxy) is 2. The average Bonchev–Trinajstić information content (AvgIpc) is 3.03. The van der Waals surface area contributed by atoms with Crippen LogP contribution in [0.5, 0.6) is 5.88 Å². The smallest absolute Gasteiger partial charge is 0.421 e. The van der Waals surface area contributed by atoms with Crippen molar-refractivity contribution in [2.24, 2.45) is 0 Å². The van der Waals surface area contributed by atoms with E-state index >= 15 is 0 Å². The molecule has 2 aromatic heterocycles. The molecule has 2 atom stereocenters. The van der Waals surface area contributed by atoms with E-state index in [4.69, 9.17) is 9.47 Å². The summed E-state index contributed by atoms with van der Waals surface area (Å²) in [4.78, 5) is 37.6. The van der Waals surface area contributed by atoms with Crippen LogP contribution in [0.4, 0.5) is 47.6 Å². The van der Waals surface area contributed by atoms with Crippen molar-refractivity contribution in [3.8, 4) is 5.88 Å². The lowest BCUT2D eigenvalue weighted by atomic mass is 9.93. The molecule has 0 aliphatic carbocycles. The Bertz CT molecular complexity index is 1810. The largest absolute Gasteiger partial charge is 0.481 e. The number of halogens is 6. The van der Waals surface area contributed by atoms with E-state index in [1.165, 1.54) is 18.1 Å². The standard InChI is InChI=1S/C29H30F6N6O7S/c1-5-18-13-20(24-21(7-8-23(39-24)47-4)41(18)27(44)48-6-2)38-25-36-14-22(49(45,46)40(3)26(42)43)19(37-25)11-15-9-16(28(30,31)32)12-17(10-15)29(33,34)35/h7-10,12,14,18,20H,5-6,11,13H2,1-4H3,(H,42,43)(H,36,37,38)/t18-,20+/m1/s1.